The van der Waals surface area contributed by atoms with Gasteiger partial charge in [-0.05, 0) is 72.1 Å². The summed E-state index contributed by atoms with van der Waals surface area (Å²) >= 11 is 0. The van der Waals surface area contributed by atoms with E-state index in [4.69, 9.17) is 9.47 Å². The van der Waals surface area contributed by atoms with E-state index in [1.807, 2.05) is 20.8 Å². The van der Waals surface area contributed by atoms with Gasteiger partial charge in [0.2, 0.25) is 17.7 Å². The van der Waals surface area contributed by atoms with Crippen LogP contribution >= 0.6 is 0 Å². The maximum Gasteiger partial charge on any atom is 0.418 e. The third kappa shape index (κ3) is 10.1. The van der Waals surface area contributed by atoms with Gasteiger partial charge in [-0.15, -0.1) is 0 Å². The van der Waals surface area contributed by atoms with Gasteiger partial charge in [-0.3, -0.25) is 19.7 Å². The SMILES string of the molecule is CCC(C)[C@H](NCOCCc1ccccc1F)C(=O)N[C@]1(C(=O)N[C@H](C(=O)NCc2ccc(OC)c(O)c2)C(C)CC)CCc2[nH]c3c(C(F)(F)F)cccc3c2C1. The topological polar surface area (TPSA) is 154 Å². The van der Waals surface area contributed by atoms with Crippen molar-refractivity contribution in [2.75, 3.05) is 20.4 Å². The fourth-order valence-electron chi connectivity index (χ4n) is 7.40. The van der Waals surface area contributed by atoms with Crippen molar-refractivity contribution in [2.45, 2.75) is 96.6 Å². The molecule has 5 atom stereocenters. The second-order valence-electron chi connectivity index (χ2n) is 15.1. The summed E-state index contributed by atoms with van der Waals surface area (Å²) in [5.74, 6) is -2.45. The number of hydrogen-bond donors (Lipinski definition) is 6. The van der Waals surface area contributed by atoms with Crippen LogP contribution in [0.4, 0.5) is 17.6 Å². The molecule has 58 heavy (non-hydrogen) atoms. The minimum atomic E-state index is -4.64. The zero-order valence-electron chi connectivity index (χ0n) is 33.4. The van der Waals surface area contributed by atoms with Crippen molar-refractivity contribution in [3.63, 3.8) is 0 Å². The van der Waals surface area contributed by atoms with Gasteiger partial charge in [0, 0.05) is 24.0 Å². The fourth-order valence-corrected chi connectivity index (χ4v) is 7.40. The number of nitrogens with one attached hydrogen (secondary N) is 5. The van der Waals surface area contributed by atoms with E-state index in [0.29, 0.717) is 41.6 Å². The molecule has 2 unspecified atom stereocenters. The molecule has 0 radical (unpaired) electrons. The lowest BCUT2D eigenvalue weighted by molar-refractivity contribution is -0.138. The minimum absolute atomic E-state index is 0.0259. The van der Waals surface area contributed by atoms with Gasteiger partial charge < -0.3 is 35.5 Å². The molecule has 3 amide bonds. The standard InChI is InChI=1S/C43H53F4N5O6/c1-6-25(3)36(49-24-58-20-18-28-11-8-9-14-32(28)44)40(55)52-42(19-17-33-30(22-42)29-12-10-13-31(38(29)50-33)43(45,46)47)41(56)51-37(26(4)7-2)39(54)48-23-27-15-16-35(57-5)34(53)21-27/h8-16,21,25-26,36-37,49-50,53H,6-7,17-20,22-24H2,1-5H3,(H,48,54)(H,51,56)(H,52,55)/t25?,26?,36-,37-,42+/m0/s1. The van der Waals surface area contributed by atoms with Gasteiger partial charge in [-0.2, -0.15) is 13.2 Å². The van der Waals surface area contributed by atoms with Crippen molar-refractivity contribution in [3.8, 4) is 11.5 Å². The number of rotatable bonds is 18. The Hall–Kier alpha value is -5.15. The smallest absolute Gasteiger partial charge is 0.418 e. The molecule has 4 aromatic rings. The number of aromatic amines is 1. The van der Waals surface area contributed by atoms with E-state index in [9.17, 15) is 37.1 Å². The number of halogens is 4. The molecule has 1 heterocycles. The second kappa shape index (κ2) is 19.1. The highest BCUT2D eigenvalue weighted by Gasteiger charge is 2.47. The number of carbonyl (C=O) groups excluding carboxylic acids is 3. The lowest BCUT2D eigenvalue weighted by Crippen LogP contribution is -2.67. The van der Waals surface area contributed by atoms with Gasteiger partial charge in [-0.25, -0.2) is 4.39 Å². The summed E-state index contributed by atoms with van der Waals surface area (Å²) in [7, 11) is 1.42. The third-order valence-electron chi connectivity index (χ3n) is 11.3. The molecule has 3 aromatic carbocycles. The first-order chi connectivity index (χ1) is 27.6. The largest absolute Gasteiger partial charge is 0.504 e. The summed E-state index contributed by atoms with van der Waals surface area (Å²) < 4.78 is 67.3. The van der Waals surface area contributed by atoms with E-state index in [1.165, 1.54) is 25.3 Å². The number of aromatic nitrogens is 1. The van der Waals surface area contributed by atoms with Gasteiger partial charge in [0.05, 0.1) is 37.6 Å². The molecule has 0 fully saturated rings. The number of fused-ring (bicyclic) bond motifs is 3. The summed E-state index contributed by atoms with van der Waals surface area (Å²) in [6, 6.07) is 13.1. The van der Waals surface area contributed by atoms with E-state index in [1.54, 1.807) is 43.3 Å². The third-order valence-corrected chi connectivity index (χ3v) is 11.3. The Kier molecular flexibility index (Phi) is 14.5. The lowest BCUT2D eigenvalue weighted by Gasteiger charge is -2.39. The molecule has 0 spiro atoms. The molecular weight excluding hydrogens is 758 g/mol. The molecule has 0 saturated heterocycles. The van der Waals surface area contributed by atoms with E-state index < -0.39 is 47.1 Å². The second-order valence-corrected chi connectivity index (χ2v) is 15.1. The highest BCUT2D eigenvalue weighted by atomic mass is 19.4. The van der Waals surface area contributed by atoms with E-state index >= 15 is 0 Å². The average molecular weight is 812 g/mol. The van der Waals surface area contributed by atoms with E-state index in [-0.39, 0.29) is 79.2 Å². The molecule has 15 heteroatoms. The van der Waals surface area contributed by atoms with Crippen LogP contribution in [0.3, 0.4) is 0 Å². The van der Waals surface area contributed by atoms with Gasteiger partial charge >= 0.3 is 6.18 Å². The van der Waals surface area contributed by atoms with E-state index in [2.05, 4.69) is 26.3 Å². The Bertz CT molecular complexity index is 2070. The van der Waals surface area contributed by atoms with Crippen molar-refractivity contribution >= 4 is 28.6 Å². The number of hydrogen-bond acceptors (Lipinski definition) is 7. The van der Waals surface area contributed by atoms with Crippen LogP contribution in [0.2, 0.25) is 0 Å². The van der Waals surface area contributed by atoms with Crippen molar-refractivity contribution in [2.24, 2.45) is 11.8 Å². The van der Waals surface area contributed by atoms with Gasteiger partial charge in [-0.1, -0.05) is 76.9 Å². The van der Waals surface area contributed by atoms with Crippen molar-refractivity contribution in [1.82, 2.24) is 26.3 Å². The highest BCUT2D eigenvalue weighted by Crippen LogP contribution is 2.40. The molecule has 0 aliphatic heterocycles. The number of ether oxygens (including phenoxy) is 2. The number of alkyl halides is 3. The van der Waals surface area contributed by atoms with Gasteiger partial charge in [0.15, 0.2) is 11.5 Å². The number of carbonyl (C=O) groups is 3. The summed E-state index contributed by atoms with van der Waals surface area (Å²) in [4.78, 5) is 45.9. The monoisotopic (exact) mass is 811 g/mol. The first-order valence-electron chi connectivity index (χ1n) is 19.6. The molecule has 5 rings (SSSR count). The molecule has 6 N–H and O–H groups in total. The summed E-state index contributed by atoms with van der Waals surface area (Å²) in [6.07, 6.45) is -3.22. The Morgan fingerprint density at radius 2 is 1.69 bits per heavy atom. The molecule has 1 aliphatic rings. The molecule has 1 aromatic heterocycles. The Morgan fingerprint density at radius 3 is 2.36 bits per heavy atom. The fraction of sp³-hybridized carbons (Fsp3) is 0.465. The molecule has 0 bridgehead atoms. The van der Waals surface area contributed by atoms with E-state index in [0.717, 1.165) is 6.07 Å². The van der Waals surface area contributed by atoms with Crippen LogP contribution in [0.5, 0.6) is 11.5 Å². The molecule has 1 aliphatic carbocycles. The minimum Gasteiger partial charge on any atom is -0.504 e. The highest BCUT2D eigenvalue weighted by molar-refractivity contribution is 5.98. The van der Waals surface area contributed by atoms with Crippen molar-refractivity contribution < 1.29 is 46.5 Å². The van der Waals surface area contributed by atoms with Crippen molar-refractivity contribution in [3.05, 3.63) is 94.4 Å². The normalized spacial score (nSPS) is 17.5. The quantitative estimate of drug-likeness (QED) is 0.0384. The number of para-hydroxylation sites is 1. The van der Waals surface area contributed by atoms with Gasteiger partial charge in [0.1, 0.15) is 17.4 Å². The molecule has 0 saturated carbocycles. The number of phenols is 1. The molecular formula is C43H53F4N5O6. The number of methoxy groups -OCH3 is 1. The predicted molar refractivity (Wildman–Crippen MR) is 211 cm³/mol. The maximum atomic E-state index is 14.8. The average Bonchev–Trinajstić information content (AvgIpc) is 3.57. The summed E-state index contributed by atoms with van der Waals surface area (Å²) in [5.41, 5.74) is -0.530. The van der Waals surface area contributed by atoms with Crippen LogP contribution in [0.25, 0.3) is 10.9 Å². The number of phenolic OH excluding ortho intramolecular Hbond substituents is 1. The van der Waals surface area contributed by atoms with Crippen LogP contribution < -0.4 is 26.0 Å². The number of amides is 3. The Morgan fingerprint density at radius 1 is 0.966 bits per heavy atom. The zero-order chi connectivity index (χ0) is 42.2. The Balaban J connectivity index is 1.42. The number of aryl methyl sites for hydroxylation is 1. The van der Waals surface area contributed by atoms with Crippen molar-refractivity contribution in [1.29, 1.82) is 0 Å². The summed E-state index contributed by atoms with van der Waals surface area (Å²) in [5, 5.41) is 22.4. The van der Waals surface area contributed by atoms with Crippen LogP contribution in [0, 0.1) is 17.7 Å². The summed E-state index contributed by atoms with van der Waals surface area (Å²) in [6.45, 7) is 7.61. The van der Waals surface area contributed by atoms with Crippen LogP contribution in [-0.2, 0) is 51.1 Å². The predicted octanol–water partition coefficient (Wildman–Crippen LogP) is 6.45. The number of benzene rings is 3. The maximum absolute atomic E-state index is 14.8. The molecule has 11 nitrogen and oxygen atoms in total. The first-order valence-corrected chi connectivity index (χ1v) is 19.6. The lowest BCUT2D eigenvalue weighted by atomic mass is 9.78. The first kappa shape index (κ1) is 44.0. The van der Waals surface area contributed by atoms with Crippen LogP contribution in [0.1, 0.15) is 74.9 Å². The number of aromatic hydroxyl groups is 1. The zero-order valence-corrected chi connectivity index (χ0v) is 33.4. The Labute approximate surface area is 335 Å². The van der Waals surface area contributed by atoms with Crippen LogP contribution in [-0.4, -0.2) is 65.9 Å². The van der Waals surface area contributed by atoms with Crippen LogP contribution in [0.15, 0.2) is 60.7 Å². The number of H-pyrrole nitrogens is 1. The van der Waals surface area contributed by atoms with Gasteiger partial charge in [0.25, 0.3) is 0 Å². The molecule has 314 valence electrons.